The number of hydrogen-bond acceptors (Lipinski definition) is 3. The standard InChI is InChI=1S/C21H23N4O/c1-12-6-13(2)20(14(3)7-12)25-11-24-19(23-25)10-26-18-8-15-4-5-16(22)9-17(15)21(18)24/h4-7,9,11,18,21H,8,10,22H2,1-3H3/q+1/t18-,21?/m0/s1. The summed E-state index contributed by atoms with van der Waals surface area (Å²) in [6, 6.07) is 10.8. The molecule has 132 valence electrons. The van der Waals surface area contributed by atoms with Crippen molar-refractivity contribution < 1.29 is 9.42 Å². The maximum Gasteiger partial charge on any atom is 0.272 e. The fraction of sp³-hybridized carbons (Fsp3) is 0.333. The van der Waals surface area contributed by atoms with Crippen LogP contribution in [0, 0.1) is 20.8 Å². The van der Waals surface area contributed by atoms with Crippen molar-refractivity contribution >= 4 is 5.69 Å². The molecular formula is C21H23N4O+. The van der Waals surface area contributed by atoms with Gasteiger partial charge in [-0.1, -0.05) is 28.4 Å². The quantitative estimate of drug-likeness (QED) is 0.544. The van der Waals surface area contributed by atoms with Crippen LogP contribution in [0.1, 0.15) is 39.7 Å². The topological polar surface area (TPSA) is 57.0 Å². The zero-order chi connectivity index (χ0) is 18.0. The summed E-state index contributed by atoms with van der Waals surface area (Å²) < 4.78 is 10.4. The number of anilines is 1. The van der Waals surface area contributed by atoms with Crippen molar-refractivity contribution in [2.24, 2.45) is 0 Å². The second kappa shape index (κ2) is 5.42. The van der Waals surface area contributed by atoms with Crippen LogP contribution >= 0.6 is 0 Å². The van der Waals surface area contributed by atoms with Gasteiger partial charge in [0.15, 0.2) is 11.7 Å². The van der Waals surface area contributed by atoms with Gasteiger partial charge in [0, 0.05) is 17.7 Å². The smallest absolute Gasteiger partial charge is 0.272 e. The summed E-state index contributed by atoms with van der Waals surface area (Å²) in [6.45, 7) is 6.96. The van der Waals surface area contributed by atoms with E-state index >= 15 is 0 Å². The van der Waals surface area contributed by atoms with Gasteiger partial charge in [-0.3, -0.25) is 0 Å². The Morgan fingerprint density at radius 2 is 1.92 bits per heavy atom. The highest BCUT2D eigenvalue weighted by molar-refractivity contribution is 5.49. The average molecular weight is 347 g/mol. The Bertz CT molecular complexity index is 1010. The molecule has 5 heteroatoms. The summed E-state index contributed by atoms with van der Waals surface area (Å²) in [7, 11) is 0. The van der Waals surface area contributed by atoms with Gasteiger partial charge in [-0.05, 0) is 54.7 Å². The molecule has 0 saturated carbocycles. The van der Waals surface area contributed by atoms with Gasteiger partial charge >= 0.3 is 0 Å². The minimum Gasteiger partial charge on any atom is -0.399 e. The molecule has 0 bridgehead atoms. The zero-order valence-corrected chi connectivity index (χ0v) is 15.4. The number of nitrogens with zero attached hydrogens (tertiary/aromatic N) is 3. The van der Waals surface area contributed by atoms with E-state index in [0.717, 1.165) is 23.6 Å². The van der Waals surface area contributed by atoms with Crippen molar-refractivity contribution in [1.29, 1.82) is 0 Å². The molecule has 5 nitrogen and oxygen atoms in total. The highest BCUT2D eigenvalue weighted by Crippen LogP contribution is 2.40. The summed E-state index contributed by atoms with van der Waals surface area (Å²) in [5.74, 6) is 0.959. The third kappa shape index (κ3) is 2.20. The first-order chi connectivity index (χ1) is 12.5. The molecule has 26 heavy (non-hydrogen) atoms. The van der Waals surface area contributed by atoms with Gasteiger partial charge in [-0.15, -0.1) is 0 Å². The normalized spacial score (nSPS) is 20.6. The molecule has 0 fully saturated rings. The van der Waals surface area contributed by atoms with E-state index in [4.69, 9.17) is 15.6 Å². The Labute approximate surface area is 153 Å². The number of hydrogen-bond donors (Lipinski definition) is 1. The van der Waals surface area contributed by atoms with Crippen molar-refractivity contribution in [1.82, 2.24) is 9.67 Å². The lowest BCUT2D eigenvalue weighted by Crippen LogP contribution is -2.34. The SMILES string of the molecule is Cc1cc(C)c(-[n+]2cn3c(n2)CO[C@H]2Cc4ccc(N)cc4C23)c(C)c1. The Morgan fingerprint density at radius 1 is 1.15 bits per heavy atom. The maximum absolute atomic E-state index is 6.14. The van der Waals surface area contributed by atoms with E-state index in [1.807, 2.05) is 10.7 Å². The van der Waals surface area contributed by atoms with Gasteiger partial charge in [0.2, 0.25) is 0 Å². The molecule has 5 rings (SSSR count). The Balaban J connectivity index is 1.65. The van der Waals surface area contributed by atoms with Crippen molar-refractivity contribution in [3.63, 3.8) is 0 Å². The monoisotopic (exact) mass is 347 g/mol. The van der Waals surface area contributed by atoms with Crippen molar-refractivity contribution in [2.45, 2.75) is 45.9 Å². The van der Waals surface area contributed by atoms with Gasteiger partial charge in [0.05, 0.1) is 0 Å². The van der Waals surface area contributed by atoms with E-state index in [0.29, 0.717) is 6.61 Å². The van der Waals surface area contributed by atoms with E-state index < -0.39 is 0 Å². The number of nitrogen functional groups attached to an aromatic ring is 1. The molecule has 2 aliphatic rings. The van der Waals surface area contributed by atoms with Crippen molar-refractivity contribution in [2.75, 3.05) is 5.73 Å². The third-order valence-corrected chi connectivity index (χ3v) is 5.61. The van der Waals surface area contributed by atoms with Crippen LogP contribution < -0.4 is 10.4 Å². The highest BCUT2D eigenvalue weighted by atomic mass is 16.5. The Kier molecular flexibility index (Phi) is 3.25. The molecule has 1 aliphatic heterocycles. The molecule has 0 saturated heterocycles. The van der Waals surface area contributed by atoms with Crippen LogP contribution in [0.4, 0.5) is 5.69 Å². The van der Waals surface area contributed by atoms with E-state index in [2.05, 4.69) is 55.9 Å². The molecule has 1 aliphatic carbocycles. The first-order valence-corrected chi connectivity index (χ1v) is 9.09. The van der Waals surface area contributed by atoms with Crippen molar-refractivity contribution in [3.05, 3.63) is 70.3 Å². The number of benzene rings is 2. The Morgan fingerprint density at radius 3 is 2.69 bits per heavy atom. The van der Waals surface area contributed by atoms with Crippen LogP contribution in [-0.4, -0.2) is 15.8 Å². The van der Waals surface area contributed by atoms with Gasteiger partial charge in [-0.25, -0.2) is 4.57 Å². The minimum atomic E-state index is 0.150. The lowest BCUT2D eigenvalue weighted by atomic mass is 10.1. The average Bonchev–Trinajstić information content (AvgIpc) is 3.14. The van der Waals surface area contributed by atoms with E-state index in [1.165, 1.54) is 27.8 Å². The summed E-state index contributed by atoms with van der Waals surface area (Å²) in [6.07, 6.45) is 3.21. The first-order valence-electron chi connectivity index (χ1n) is 9.09. The van der Waals surface area contributed by atoms with Gasteiger partial charge in [0.1, 0.15) is 12.7 Å². The number of ether oxygens (including phenoxy) is 1. The molecule has 2 atom stereocenters. The predicted octanol–water partition coefficient (Wildman–Crippen LogP) is 2.71. The highest BCUT2D eigenvalue weighted by Gasteiger charge is 2.44. The molecular weight excluding hydrogens is 324 g/mol. The lowest BCUT2D eigenvalue weighted by molar-refractivity contribution is -0.658. The molecule has 0 radical (unpaired) electrons. The largest absolute Gasteiger partial charge is 0.399 e. The molecule has 2 heterocycles. The predicted molar refractivity (Wildman–Crippen MR) is 99.2 cm³/mol. The lowest BCUT2D eigenvalue weighted by Gasteiger charge is -2.23. The molecule has 0 amide bonds. The fourth-order valence-corrected chi connectivity index (χ4v) is 4.63. The second-order valence-corrected chi connectivity index (χ2v) is 7.59. The summed E-state index contributed by atoms with van der Waals surface area (Å²) in [5.41, 5.74) is 14.3. The molecule has 1 aromatic heterocycles. The number of rotatable bonds is 1. The summed E-state index contributed by atoms with van der Waals surface area (Å²) in [4.78, 5) is 0. The van der Waals surface area contributed by atoms with Crippen LogP contribution in [-0.2, 0) is 17.8 Å². The number of aromatic nitrogens is 3. The number of aryl methyl sites for hydroxylation is 3. The third-order valence-electron chi connectivity index (χ3n) is 5.61. The van der Waals surface area contributed by atoms with Crippen LogP contribution in [0.25, 0.3) is 5.69 Å². The van der Waals surface area contributed by atoms with Crippen LogP contribution in [0.2, 0.25) is 0 Å². The van der Waals surface area contributed by atoms with Crippen LogP contribution in [0.15, 0.2) is 36.7 Å². The van der Waals surface area contributed by atoms with Gasteiger partial charge in [-0.2, -0.15) is 0 Å². The molecule has 3 aromatic rings. The molecule has 2 N–H and O–H groups in total. The number of nitrogens with two attached hydrogens (primary N) is 1. The Hall–Kier alpha value is -2.66. The first kappa shape index (κ1) is 15.6. The summed E-state index contributed by atoms with van der Waals surface area (Å²) >= 11 is 0. The fourth-order valence-electron chi connectivity index (χ4n) is 4.63. The van der Waals surface area contributed by atoms with Crippen LogP contribution in [0.5, 0.6) is 0 Å². The zero-order valence-electron chi connectivity index (χ0n) is 15.4. The van der Waals surface area contributed by atoms with Crippen LogP contribution in [0.3, 0.4) is 0 Å². The van der Waals surface area contributed by atoms with E-state index in [-0.39, 0.29) is 12.1 Å². The van der Waals surface area contributed by atoms with E-state index in [9.17, 15) is 0 Å². The van der Waals surface area contributed by atoms with E-state index in [1.54, 1.807) is 0 Å². The maximum atomic E-state index is 6.14. The van der Waals surface area contributed by atoms with Gasteiger partial charge in [0.25, 0.3) is 12.2 Å². The second-order valence-electron chi connectivity index (χ2n) is 7.59. The van der Waals surface area contributed by atoms with Crippen molar-refractivity contribution in [3.8, 4) is 5.69 Å². The molecule has 1 unspecified atom stereocenters. The molecule has 0 spiro atoms. The minimum absolute atomic E-state index is 0.150. The summed E-state index contributed by atoms with van der Waals surface area (Å²) in [5, 5.41) is 4.85. The molecule has 2 aromatic carbocycles. The number of fused-ring (bicyclic) bond motifs is 5. The van der Waals surface area contributed by atoms with Gasteiger partial charge < -0.3 is 10.5 Å².